The molecule has 3 aliphatic heterocycles. The number of sulfonamides is 1. The summed E-state index contributed by atoms with van der Waals surface area (Å²) in [6.07, 6.45) is 1.59. The van der Waals surface area contributed by atoms with Crippen molar-refractivity contribution < 1.29 is 32.5 Å². The van der Waals surface area contributed by atoms with E-state index in [0.717, 1.165) is 65.9 Å². The lowest BCUT2D eigenvalue weighted by Gasteiger charge is -2.41. The molecular weight excluding hydrogens is 628 g/mol. The van der Waals surface area contributed by atoms with Crippen molar-refractivity contribution in [3.8, 4) is 11.1 Å². The Balaban J connectivity index is 1.08. The monoisotopic (exact) mass is 670 g/mol. The van der Waals surface area contributed by atoms with Crippen molar-refractivity contribution in [2.24, 2.45) is 0 Å². The predicted octanol–water partition coefficient (Wildman–Crippen LogP) is 5.71. The van der Waals surface area contributed by atoms with Crippen molar-refractivity contribution in [3.05, 3.63) is 125 Å². The molecule has 48 heavy (non-hydrogen) atoms. The molecule has 7 rings (SSSR count). The Kier molecular flexibility index (Phi) is 10.0. The SMILES string of the molecule is O=S(=O)(NCc1cccc(-c2cccc([C@@H]3O[C@H](CN4CCC5(CC4)OCCO5)C[C@H](c4ccc(CO)cc4)O3)c2)c1)c1ccccc1. The maximum absolute atomic E-state index is 12.8. The smallest absolute Gasteiger partial charge is 0.240 e. The van der Waals surface area contributed by atoms with Gasteiger partial charge < -0.3 is 29.0 Å². The van der Waals surface area contributed by atoms with Gasteiger partial charge in [-0.05, 0) is 52.1 Å². The highest BCUT2D eigenvalue weighted by Gasteiger charge is 2.41. The van der Waals surface area contributed by atoms with Crippen LogP contribution in [0.3, 0.4) is 0 Å². The molecule has 4 aromatic rings. The number of aliphatic hydroxyl groups excluding tert-OH is 1. The third kappa shape index (κ3) is 7.72. The summed E-state index contributed by atoms with van der Waals surface area (Å²) in [5.41, 5.74) is 5.63. The lowest BCUT2D eigenvalue weighted by Crippen LogP contribution is -2.48. The minimum Gasteiger partial charge on any atom is -0.392 e. The number of likely N-dealkylation sites (tertiary alicyclic amines) is 1. The van der Waals surface area contributed by atoms with Gasteiger partial charge in [0, 0.05) is 51.0 Å². The standard InChI is InChI=1S/C38H42N2O7S/c41-27-28-12-14-30(15-13-28)36-24-34(26-40-18-16-38(17-19-40)44-20-21-45-38)46-37(47-36)33-9-5-8-32(23-33)31-7-4-6-29(22-31)25-39-48(42,43)35-10-2-1-3-11-35/h1-15,22-23,34,36-37,39,41H,16-21,24-27H2/t34-,36+,37+/m0/s1. The molecule has 0 saturated carbocycles. The molecule has 3 fully saturated rings. The van der Waals surface area contributed by atoms with Gasteiger partial charge in [-0.2, -0.15) is 0 Å². The van der Waals surface area contributed by atoms with E-state index in [0.29, 0.717) is 19.6 Å². The first-order valence-corrected chi connectivity index (χ1v) is 18.1. The highest BCUT2D eigenvalue weighted by atomic mass is 32.2. The number of nitrogens with zero attached hydrogens (tertiary/aromatic N) is 1. The summed E-state index contributed by atoms with van der Waals surface area (Å²) in [5, 5.41) is 9.58. The maximum atomic E-state index is 12.8. The molecule has 2 N–H and O–H groups in total. The topological polar surface area (TPSA) is 107 Å². The van der Waals surface area contributed by atoms with Crippen LogP contribution in [0.2, 0.25) is 0 Å². The minimum atomic E-state index is -3.62. The molecule has 4 aromatic carbocycles. The number of ether oxygens (including phenoxy) is 4. The highest BCUT2D eigenvalue weighted by Crippen LogP contribution is 2.40. The third-order valence-electron chi connectivity index (χ3n) is 9.45. The Morgan fingerprint density at radius 3 is 2.21 bits per heavy atom. The van der Waals surface area contributed by atoms with Crippen molar-refractivity contribution in [1.29, 1.82) is 0 Å². The first kappa shape index (κ1) is 33.1. The normalized spacial score (nSPS) is 23.0. The van der Waals surface area contributed by atoms with Crippen molar-refractivity contribution in [2.45, 2.75) is 61.6 Å². The van der Waals surface area contributed by atoms with Crippen LogP contribution in [0.5, 0.6) is 0 Å². The first-order chi connectivity index (χ1) is 23.4. The van der Waals surface area contributed by atoms with Gasteiger partial charge in [0.05, 0.1) is 36.9 Å². The number of rotatable bonds is 10. The summed E-state index contributed by atoms with van der Waals surface area (Å²) in [5.74, 6) is -0.420. The van der Waals surface area contributed by atoms with Crippen molar-refractivity contribution in [2.75, 3.05) is 32.8 Å². The molecule has 3 atom stereocenters. The number of piperidine rings is 1. The fourth-order valence-electron chi connectivity index (χ4n) is 6.77. The molecule has 10 heteroatoms. The Hall–Kier alpha value is -3.45. The van der Waals surface area contributed by atoms with Gasteiger partial charge in [0.2, 0.25) is 10.0 Å². The van der Waals surface area contributed by atoms with Crippen molar-refractivity contribution in [3.63, 3.8) is 0 Å². The quantitative estimate of drug-likeness (QED) is 0.221. The number of nitrogens with one attached hydrogen (secondary N) is 1. The molecule has 3 heterocycles. The molecule has 0 bridgehead atoms. The van der Waals surface area contributed by atoms with E-state index in [4.69, 9.17) is 18.9 Å². The number of aliphatic hydroxyl groups is 1. The second-order valence-corrected chi connectivity index (χ2v) is 14.5. The van der Waals surface area contributed by atoms with Gasteiger partial charge >= 0.3 is 0 Å². The fraction of sp³-hybridized carbons (Fsp3) is 0.368. The Morgan fingerprint density at radius 1 is 0.771 bits per heavy atom. The van der Waals surface area contributed by atoms with E-state index in [1.54, 1.807) is 30.3 Å². The van der Waals surface area contributed by atoms with Gasteiger partial charge in [-0.3, -0.25) is 0 Å². The van der Waals surface area contributed by atoms with Crippen LogP contribution in [0, 0.1) is 0 Å². The van der Waals surface area contributed by atoms with Gasteiger partial charge in [0.25, 0.3) is 0 Å². The molecule has 252 valence electrons. The molecule has 3 saturated heterocycles. The minimum absolute atomic E-state index is 0.00304. The van der Waals surface area contributed by atoms with E-state index in [2.05, 4.69) is 15.7 Å². The molecule has 0 aliphatic carbocycles. The lowest BCUT2D eigenvalue weighted by molar-refractivity contribution is -0.255. The summed E-state index contributed by atoms with van der Waals surface area (Å²) in [6.45, 7) is 4.05. The van der Waals surface area contributed by atoms with Crippen LogP contribution in [-0.2, 0) is 42.1 Å². The highest BCUT2D eigenvalue weighted by molar-refractivity contribution is 7.89. The summed E-state index contributed by atoms with van der Waals surface area (Å²) >= 11 is 0. The molecular formula is C38H42N2O7S. The summed E-state index contributed by atoms with van der Waals surface area (Å²) < 4.78 is 53.5. The fourth-order valence-corrected chi connectivity index (χ4v) is 7.81. The van der Waals surface area contributed by atoms with Crippen LogP contribution in [0.1, 0.15) is 53.9 Å². The summed E-state index contributed by atoms with van der Waals surface area (Å²) in [4.78, 5) is 2.67. The number of hydrogen-bond acceptors (Lipinski definition) is 8. The molecule has 0 radical (unpaired) electrons. The zero-order valence-corrected chi connectivity index (χ0v) is 27.7. The van der Waals surface area contributed by atoms with Gasteiger partial charge in [0.1, 0.15) is 0 Å². The molecule has 0 unspecified atom stereocenters. The summed E-state index contributed by atoms with van der Waals surface area (Å²) in [6, 6.07) is 32.4. The number of benzene rings is 4. The second kappa shape index (κ2) is 14.6. The molecule has 9 nitrogen and oxygen atoms in total. The number of hydrogen-bond donors (Lipinski definition) is 2. The van der Waals surface area contributed by atoms with Crippen LogP contribution in [0.25, 0.3) is 11.1 Å². The van der Waals surface area contributed by atoms with Gasteiger partial charge in [-0.15, -0.1) is 0 Å². The largest absolute Gasteiger partial charge is 0.392 e. The van der Waals surface area contributed by atoms with Crippen LogP contribution < -0.4 is 4.72 Å². The lowest BCUT2D eigenvalue weighted by atomic mass is 9.97. The van der Waals surface area contributed by atoms with Gasteiger partial charge in [-0.25, -0.2) is 13.1 Å². The maximum Gasteiger partial charge on any atom is 0.240 e. The Bertz CT molecular complexity index is 1770. The van der Waals surface area contributed by atoms with E-state index < -0.39 is 22.1 Å². The molecule has 0 amide bonds. The van der Waals surface area contributed by atoms with E-state index >= 15 is 0 Å². The Labute approximate surface area is 282 Å². The summed E-state index contributed by atoms with van der Waals surface area (Å²) in [7, 11) is -3.62. The molecule has 3 aliphatic rings. The average Bonchev–Trinajstić information content (AvgIpc) is 3.60. The van der Waals surface area contributed by atoms with Crippen LogP contribution in [0.15, 0.2) is 108 Å². The average molecular weight is 671 g/mol. The Morgan fingerprint density at radius 2 is 1.48 bits per heavy atom. The van der Waals surface area contributed by atoms with Gasteiger partial charge in [-0.1, -0.05) is 78.9 Å². The predicted molar refractivity (Wildman–Crippen MR) is 181 cm³/mol. The van der Waals surface area contributed by atoms with Crippen molar-refractivity contribution >= 4 is 10.0 Å². The first-order valence-electron chi connectivity index (χ1n) is 16.6. The van der Waals surface area contributed by atoms with Crippen molar-refractivity contribution in [1.82, 2.24) is 9.62 Å². The van der Waals surface area contributed by atoms with E-state index in [1.807, 2.05) is 66.7 Å². The van der Waals surface area contributed by atoms with E-state index in [9.17, 15) is 13.5 Å². The van der Waals surface area contributed by atoms with Crippen LogP contribution >= 0.6 is 0 Å². The van der Waals surface area contributed by atoms with Gasteiger partial charge in [0.15, 0.2) is 12.1 Å². The van der Waals surface area contributed by atoms with E-state index in [-0.39, 0.29) is 30.3 Å². The third-order valence-corrected chi connectivity index (χ3v) is 10.9. The van der Waals surface area contributed by atoms with Crippen LogP contribution in [-0.4, -0.2) is 63.2 Å². The zero-order chi connectivity index (χ0) is 33.0. The molecule has 1 spiro atoms. The van der Waals surface area contributed by atoms with E-state index in [1.165, 1.54) is 0 Å². The second-order valence-electron chi connectivity index (χ2n) is 12.7. The molecule has 0 aromatic heterocycles. The zero-order valence-electron chi connectivity index (χ0n) is 26.9. The van der Waals surface area contributed by atoms with Crippen LogP contribution in [0.4, 0.5) is 0 Å².